The lowest BCUT2D eigenvalue weighted by Crippen LogP contribution is -2.41. The van der Waals surface area contributed by atoms with Crippen LogP contribution in [-0.2, 0) is 4.74 Å². The number of aliphatic hydroxyl groups is 1. The van der Waals surface area contributed by atoms with Gasteiger partial charge in [-0.05, 0) is 50.5 Å². The van der Waals surface area contributed by atoms with E-state index in [0.29, 0.717) is 18.4 Å². The van der Waals surface area contributed by atoms with E-state index in [1.807, 2.05) is 29.1 Å². The van der Waals surface area contributed by atoms with Crippen LogP contribution in [0.2, 0.25) is 0 Å². The standard InChI is InChI=1S/C22H27N7O3/c1-13(2)29-19-10-14(4-5-18(19)25-27-29)17-6-7-28-20(17)21(31-3)24-22(26-28)23-15-11-16(12-15)32-9-8-30/h4-7,10,13,15-16,30H,8-9,11-12H2,1-3H3,(H,23,26). The molecule has 0 saturated heterocycles. The maximum absolute atomic E-state index is 8.87. The van der Waals surface area contributed by atoms with Gasteiger partial charge in [-0.1, -0.05) is 11.3 Å². The fourth-order valence-electron chi connectivity index (χ4n) is 4.14. The molecule has 10 heteroatoms. The quantitative estimate of drug-likeness (QED) is 0.433. The van der Waals surface area contributed by atoms with Crippen LogP contribution in [-0.4, -0.2) is 67.2 Å². The van der Waals surface area contributed by atoms with Gasteiger partial charge in [0.1, 0.15) is 11.0 Å². The van der Waals surface area contributed by atoms with E-state index < -0.39 is 0 Å². The summed E-state index contributed by atoms with van der Waals surface area (Å²) in [5.74, 6) is 1.02. The molecule has 0 aliphatic heterocycles. The summed E-state index contributed by atoms with van der Waals surface area (Å²) in [5.41, 5.74) is 4.65. The minimum Gasteiger partial charge on any atom is -0.479 e. The molecule has 3 heterocycles. The first-order valence-corrected chi connectivity index (χ1v) is 10.8. The minimum absolute atomic E-state index is 0.0464. The summed E-state index contributed by atoms with van der Waals surface area (Å²) in [7, 11) is 1.62. The first-order valence-electron chi connectivity index (χ1n) is 10.8. The van der Waals surface area contributed by atoms with Crippen molar-refractivity contribution in [3.8, 4) is 17.0 Å². The molecule has 0 atom stereocenters. The fraction of sp³-hybridized carbons (Fsp3) is 0.455. The summed E-state index contributed by atoms with van der Waals surface area (Å²) in [6.07, 6.45) is 3.80. The predicted octanol–water partition coefficient (Wildman–Crippen LogP) is 2.68. The number of aliphatic hydroxyl groups excluding tert-OH is 1. The number of nitrogens with one attached hydrogen (secondary N) is 1. The van der Waals surface area contributed by atoms with Gasteiger partial charge in [-0.25, -0.2) is 9.20 Å². The first kappa shape index (κ1) is 20.7. The summed E-state index contributed by atoms with van der Waals surface area (Å²) >= 11 is 0. The summed E-state index contributed by atoms with van der Waals surface area (Å²) in [4.78, 5) is 4.61. The van der Waals surface area contributed by atoms with Crippen molar-refractivity contribution in [3.63, 3.8) is 0 Å². The largest absolute Gasteiger partial charge is 0.479 e. The van der Waals surface area contributed by atoms with E-state index in [2.05, 4.69) is 45.6 Å². The molecule has 0 spiro atoms. The highest BCUT2D eigenvalue weighted by Crippen LogP contribution is 2.34. The molecular weight excluding hydrogens is 410 g/mol. The molecule has 1 aliphatic rings. The second-order valence-corrected chi connectivity index (χ2v) is 8.33. The fourth-order valence-corrected chi connectivity index (χ4v) is 4.14. The number of hydrogen-bond acceptors (Lipinski definition) is 8. The third kappa shape index (κ3) is 3.65. The second kappa shape index (κ2) is 8.36. The molecule has 0 bridgehead atoms. The molecule has 1 saturated carbocycles. The Labute approximate surface area is 185 Å². The van der Waals surface area contributed by atoms with E-state index in [4.69, 9.17) is 14.6 Å². The number of fused-ring (bicyclic) bond motifs is 2. The van der Waals surface area contributed by atoms with Crippen LogP contribution >= 0.6 is 0 Å². The summed E-state index contributed by atoms with van der Waals surface area (Å²) in [5, 5.41) is 25.4. The second-order valence-electron chi connectivity index (χ2n) is 8.33. The number of benzene rings is 1. The molecule has 10 nitrogen and oxygen atoms in total. The molecule has 2 N–H and O–H groups in total. The lowest BCUT2D eigenvalue weighted by atomic mass is 9.89. The lowest BCUT2D eigenvalue weighted by Gasteiger charge is -2.35. The van der Waals surface area contributed by atoms with Crippen LogP contribution in [0.1, 0.15) is 32.7 Å². The van der Waals surface area contributed by atoms with Gasteiger partial charge in [0.25, 0.3) is 0 Å². The number of anilines is 1. The van der Waals surface area contributed by atoms with Crippen LogP contribution in [0.15, 0.2) is 30.5 Å². The summed E-state index contributed by atoms with van der Waals surface area (Å²) in [6.45, 7) is 4.59. The third-order valence-electron chi connectivity index (χ3n) is 5.82. The molecule has 168 valence electrons. The molecule has 32 heavy (non-hydrogen) atoms. The van der Waals surface area contributed by atoms with Crippen molar-refractivity contribution in [3.05, 3.63) is 30.5 Å². The molecule has 1 aliphatic carbocycles. The molecule has 1 fully saturated rings. The Morgan fingerprint density at radius 2 is 2.09 bits per heavy atom. The van der Waals surface area contributed by atoms with Crippen LogP contribution in [0.25, 0.3) is 27.7 Å². The van der Waals surface area contributed by atoms with Gasteiger partial charge < -0.3 is 19.9 Å². The SMILES string of the molecule is COc1nc(NC2CC(OCCO)C2)nn2ccc(-c3ccc4nnn(C(C)C)c4c3)c12. The van der Waals surface area contributed by atoms with Gasteiger partial charge in [0.2, 0.25) is 11.8 Å². The molecule has 3 aromatic heterocycles. The average molecular weight is 438 g/mol. The Hall–Kier alpha value is -3.24. The Bertz CT molecular complexity index is 1240. The summed E-state index contributed by atoms with van der Waals surface area (Å²) in [6, 6.07) is 8.58. The Morgan fingerprint density at radius 1 is 1.25 bits per heavy atom. The van der Waals surface area contributed by atoms with Gasteiger partial charge in [-0.15, -0.1) is 10.2 Å². The van der Waals surface area contributed by atoms with Crippen LogP contribution in [0.5, 0.6) is 5.88 Å². The van der Waals surface area contributed by atoms with E-state index in [1.165, 1.54) is 0 Å². The van der Waals surface area contributed by atoms with Gasteiger partial charge in [0, 0.05) is 23.8 Å². The zero-order valence-electron chi connectivity index (χ0n) is 18.4. The van der Waals surface area contributed by atoms with Crippen molar-refractivity contribution >= 4 is 22.5 Å². The molecule has 0 radical (unpaired) electrons. The topological polar surface area (TPSA) is 112 Å². The van der Waals surface area contributed by atoms with Crippen LogP contribution < -0.4 is 10.1 Å². The Morgan fingerprint density at radius 3 is 2.84 bits per heavy atom. The molecule has 0 unspecified atom stereocenters. The zero-order chi connectivity index (χ0) is 22.2. The first-order chi connectivity index (χ1) is 15.6. The van der Waals surface area contributed by atoms with Gasteiger partial charge in [-0.3, -0.25) is 0 Å². The average Bonchev–Trinajstić information content (AvgIpc) is 3.38. The normalized spacial score (nSPS) is 18.4. The number of ether oxygens (including phenoxy) is 2. The maximum Gasteiger partial charge on any atom is 0.244 e. The molecule has 5 rings (SSSR count). The molecule has 1 aromatic carbocycles. The molecule has 4 aromatic rings. The Balaban J connectivity index is 1.45. The van der Waals surface area contributed by atoms with Crippen LogP contribution in [0, 0.1) is 0 Å². The van der Waals surface area contributed by atoms with Crippen molar-refractivity contribution in [2.45, 2.75) is 44.9 Å². The monoisotopic (exact) mass is 437 g/mol. The van der Waals surface area contributed by atoms with E-state index >= 15 is 0 Å². The molecule has 0 amide bonds. The van der Waals surface area contributed by atoms with Gasteiger partial charge in [-0.2, -0.15) is 4.98 Å². The minimum atomic E-state index is 0.0464. The van der Waals surface area contributed by atoms with Crippen molar-refractivity contribution in [2.24, 2.45) is 0 Å². The number of methoxy groups -OCH3 is 1. The van der Waals surface area contributed by atoms with Gasteiger partial charge in [0.05, 0.1) is 31.9 Å². The Kier molecular flexibility index (Phi) is 5.40. The molecular formula is C22H27N7O3. The summed E-state index contributed by atoms with van der Waals surface area (Å²) < 4.78 is 14.9. The maximum atomic E-state index is 8.87. The van der Waals surface area contributed by atoms with Crippen molar-refractivity contribution < 1.29 is 14.6 Å². The highest BCUT2D eigenvalue weighted by atomic mass is 16.5. The number of hydrogen-bond donors (Lipinski definition) is 2. The predicted molar refractivity (Wildman–Crippen MR) is 120 cm³/mol. The van der Waals surface area contributed by atoms with Crippen LogP contribution in [0.3, 0.4) is 0 Å². The van der Waals surface area contributed by atoms with Crippen molar-refractivity contribution in [1.29, 1.82) is 0 Å². The van der Waals surface area contributed by atoms with E-state index in [0.717, 1.165) is 40.5 Å². The van der Waals surface area contributed by atoms with Gasteiger partial charge in [0.15, 0.2) is 0 Å². The van der Waals surface area contributed by atoms with E-state index in [-0.39, 0.29) is 24.8 Å². The van der Waals surface area contributed by atoms with Crippen LogP contribution in [0.4, 0.5) is 5.95 Å². The zero-order valence-corrected chi connectivity index (χ0v) is 18.4. The van der Waals surface area contributed by atoms with E-state index in [1.54, 1.807) is 11.6 Å². The third-order valence-corrected chi connectivity index (χ3v) is 5.82. The lowest BCUT2D eigenvalue weighted by molar-refractivity contribution is -0.0196. The number of rotatable bonds is 8. The van der Waals surface area contributed by atoms with Gasteiger partial charge >= 0.3 is 0 Å². The smallest absolute Gasteiger partial charge is 0.244 e. The highest BCUT2D eigenvalue weighted by molar-refractivity contribution is 5.89. The highest BCUT2D eigenvalue weighted by Gasteiger charge is 2.30. The number of aromatic nitrogens is 6. The van der Waals surface area contributed by atoms with Crippen molar-refractivity contribution in [1.82, 2.24) is 29.6 Å². The van der Waals surface area contributed by atoms with Crippen molar-refractivity contribution in [2.75, 3.05) is 25.6 Å². The number of nitrogens with zero attached hydrogens (tertiary/aromatic N) is 6. The van der Waals surface area contributed by atoms with E-state index in [9.17, 15) is 0 Å².